The standard InChI is InChI=1S/C17H6Cl7N/c18-11-3-1-7(14(21)16(11)23)9-5-25-6-10(13(9)20)8-2-4-12(19)17(24)15(8)22/h1-6H. The minimum atomic E-state index is 0.245. The summed E-state index contributed by atoms with van der Waals surface area (Å²) >= 11 is 43.4. The van der Waals surface area contributed by atoms with E-state index in [0.29, 0.717) is 37.3 Å². The molecule has 0 saturated heterocycles. The van der Waals surface area contributed by atoms with Crippen LogP contribution in [-0.2, 0) is 0 Å². The maximum atomic E-state index is 6.60. The minimum absolute atomic E-state index is 0.245. The summed E-state index contributed by atoms with van der Waals surface area (Å²) in [5.41, 5.74) is 2.38. The molecule has 128 valence electrons. The lowest BCUT2D eigenvalue weighted by Gasteiger charge is -2.13. The van der Waals surface area contributed by atoms with Crippen LogP contribution in [0.1, 0.15) is 0 Å². The van der Waals surface area contributed by atoms with Gasteiger partial charge in [-0.3, -0.25) is 4.98 Å². The number of hydrogen-bond acceptors (Lipinski definition) is 1. The first kappa shape index (κ1) is 19.4. The predicted molar refractivity (Wildman–Crippen MR) is 110 cm³/mol. The molecule has 1 nitrogen and oxygen atoms in total. The molecule has 0 aliphatic rings. The van der Waals surface area contributed by atoms with Gasteiger partial charge in [-0.15, -0.1) is 0 Å². The Balaban J connectivity index is 2.24. The van der Waals surface area contributed by atoms with Crippen LogP contribution in [0.5, 0.6) is 0 Å². The van der Waals surface area contributed by atoms with Crippen molar-refractivity contribution < 1.29 is 0 Å². The van der Waals surface area contributed by atoms with Gasteiger partial charge in [0.05, 0.1) is 35.2 Å². The van der Waals surface area contributed by atoms with Crippen LogP contribution in [0.2, 0.25) is 35.2 Å². The highest BCUT2D eigenvalue weighted by molar-refractivity contribution is 6.50. The van der Waals surface area contributed by atoms with E-state index in [0.717, 1.165) is 0 Å². The van der Waals surface area contributed by atoms with E-state index in [4.69, 9.17) is 81.2 Å². The number of aromatic nitrogens is 1. The van der Waals surface area contributed by atoms with Crippen molar-refractivity contribution in [1.82, 2.24) is 4.98 Å². The number of pyridine rings is 1. The van der Waals surface area contributed by atoms with E-state index in [1.165, 1.54) is 0 Å². The van der Waals surface area contributed by atoms with E-state index in [9.17, 15) is 0 Å². The second kappa shape index (κ2) is 7.70. The topological polar surface area (TPSA) is 12.9 Å². The fraction of sp³-hybridized carbons (Fsp3) is 0. The Kier molecular flexibility index (Phi) is 5.97. The van der Waals surface area contributed by atoms with Crippen molar-refractivity contribution in [3.63, 3.8) is 0 Å². The Labute approximate surface area is 179 Å². The zero-order valence-corrected chi connectivity index (χ0v) is 17.3. The third-order valence-electron chi connectivity index (χ3n) is 3.53. The molecule has 0 aliphatic heterocycles. The van der Waals surface area contributed by atoms with Gasteiger partial charge < -0.3 is 0 Å². The average molecular weight is 472 g/mol. The number of halogens is 7. The zero-order valence-electron chi connectivity index (χ0n) is 12.1. The third kappa shape index (κ3) is 3.57. The molecule has 25 heavy (non-hydrogen) atoms. The van der Waals surface area contributed by atoms with E-state index in [-0.39, 0.29) is 20.1 Å². The molecule has 0 aliphatic carbocycles. The number of nitrogens with zero attached hydrogens (tertiary/aromatic N) is 1. The molecular formula is C17H6Cl7N. The van der Waals surface area contributed by atoms with Gasteiger partial charge in [-0.1, -0.05) is 93.3 Å². The van der Waals surface area contributed by atoms with Crippen LogP contribution >= 0.6 is 81.2 Å². The van der Waals surface area contributed by atoms with Crippen molar-refractivity contribution in [2.45, 2.75) is 0 Å². The van der Waals surface area contributed by atoms with Crippen molar-refractivity contribution in [1.29, 1.82) is 0 Å². The summed E-state index contributed by atoms with van der Waals surface area (Å²) in [6.45, 7) is 0. The average Bonchev–Trinajstić information content (AvgIpc) is 2.59. The third-order valence-corrected chi connectivity index (χ3v) is 6.53. The maximum absolute atomic E-state index is 6.60. The summed E-state index contributed by atoms with van der Waals surface area (Å²) in [5, 5.41) is 2.16. The first-order valence-electron chi connectivity index (χ1n) is 6.74. The fourth-order valence-corrected chi connectivity index (χ4v) is 3.86. The van der Waals surface area contributed by atoms with E-state index in [1.54, 1.807) is 36.7 Å². The molecule has 1 aromatic heterocycles. The van der Waals surface area contributed by atoms with Crippen LogP contribution in [0.3, 0.4) is 0 Å². The molecule has 0 spiro atoms. The van der Waals surface area contributed by atoms with Crippen molar-refractivity contribution in [3.8, 4) is 22.3 Å². The zero-order chi connectivity index (χ0) is 18.3. The van der Waals surface area contributed by atoms with Crippen molar-refractivity contribution in [3.05, 3.63) is 71.8 Å². The molecular weight excluding hydrogens is 466 g/mol. The van der Waals surface area contributed by atoms with Crippen molar-refractivity contribution >= 4 is 81.2 Å². The van der Waals surface area contributed by atoms with Crippen LogP contribution in [0.4, 0.5) is 0 Å². The lowest BCUT2D eigenvalue weighted by molar-refractivity contribution is 1.33. The summed E-state index contributed by atoms with van der Waals surface area (Å²) in [7, 11) is 0. The molecule has 0 atom stereocenters. The summed E-state index contributed by atoms with van der Waals surface area (Å²) < 4.78 is 0. The molecule has 0 bridgehead atoms. The van der Waals surface area contributed by atoms with E-state index in [2.05, 4.69) is 4.98 Å². The molecule has 3 aromatic rings. The quantitative estimate of drug-likeness (QED) is 0.339. The molecule has 8 heteroatoms. The highest BCUT2D eigenvalue weighted by Crippen LogP contribution is 2.45. The van der Waals surface area contributed by atoms with Crippen LogP contribution in [0.25, 0.3) is 22.3 Å². The summed E-state index contributed by atoms with van der Waals surface area (Å²) in [4.78, 5) is 4.23. The second-order valence-corrected chi connectivity index (χ2v) is 7.70. The van der Waals surface area contributed by atoms with Gasteiger partial charge in [0.15, 0.2) is 0 Å². The minimum Gasteiger partial charge on any atom is -0.263 e. The Morgan fingerprint density at radius 2 is 0.840 bits per heavy atom. The SMILES string of the molecule is Clc1ccc(-c2cncc(-c3ccc(Cl)c(Cl)c3Cl)c2Cl)c(Cl)c1Cl. The van der Waals surface area contributed by atoms with Gasteiger partial charge in [-0.2, -0.15) is 0 Å². The highest BCUT2D eigenvalue weighted by atomic mass is 35.5. The van der Waals surface area contributed by atoms with Gasteiger partial charge in [0.25, 0.3) is 0 Å². The van der Waals surface area contributed by atoms with Gasteiger partial charge in [0.1, 0.15) is 0 Å². The molecule has 0 fully saturated rings. The maximum Gasteiger partial charge on any atom is 0.0784 e. The number of benzene rings is 2. The molecule has 0 amide bonds. The van der Waals surface area contributed by atoms with E-state index < -0.39 is 0 Å². The van der Waals surface area contributed by atoms with Gasteiger partial charge >= 0.3 is 0 Å². The van der Waals surface area contributed by atoms with Gasteiger partial charge in [-0.25, -0.2) is 0 Å². The molecule has 2 aromatic carbocycles. The first-order chi connectivity index (χ1) is 11.8. The molecule has 3 rings (SSSR count). The Morgan fingerprint density at radius 1 is 0.440 bits per heavy atom. The Bertz CT molecular complexity index is 909. The van der Waals surface area contributed by atoms with E-state index >= 15 is 0 Å². The molecule has 0 radical (unpaired) electrons. The van der Waals surface area contributed by atoms with Gasteiger partial charge in [-0.05, 0) is 12.1 Å². The van der Waals surface area contributed by atoms with Gasteiger partial charge in [0.2, 0.25) is 0 Å². The predicted octanol–water partition coefficient (Wildman–Crippen LogP) is 8.99. The lowest BCUT2D eigenvalue weighted by atomic mass is 10.0. The monoisotopic (exact) mass is 469 g/mol. The molecule has 0 N–H and O–H groups in total. The number of rotatable bonds is 2. The molecule has 1 heterocycles. The Morgan fingerprint density at radius 3 is 1.24 bits per heavy atom. The Hall–Kier alpha value is -0.380. The lowest BCUT2D eigenvalue weighted by Crippen LogP contribution is -1.90. The van der Waals surface area contributed by atoms with Crippen LogP contribution < -0.4 is 0 Å². The summed E-state index contributed by atoms with van der Waals surface area (Å²) in [6, 6.07) is 6.72. The van der Waals surface area contributed by atoms with Crippen LogP contribution in [0.15, 0.2) is 36.7 Å². The van der Waals surface area contributed by atoms with Crippen molar-refractivity contribution in [2.24, 2.45) is 0 Å². The van der Waals surface area contributed by atoms with Crippen LogP contribution in [0, 0.1) is 0 Å². The molecule has 0 saturated carbocycles. The van der Waals surface area contributed by atoms with Crippen molar-refractivity contribution in [2.75, 3.05) is 0 Å². The summed E-state index contributed by atoms with van der Waals surface area (Å²) in [5.74, 6) is 0. The summed E-state index contributed by atoms with van der Waals surface area (Å²) in [6.07, 6.45) is 3.17. The second-order valence-electron chi connectivity index (χ2n) is 4.99. The van der Waals surface area contributed by atoms with E-state index in [1.807, 2.05) is 0 Å². The number of hydrogen-bond donors (Lipinski definition) is 0. The van der Waals surface area contributed by atoms with Crippen LogP contribution in [-0.4, -0.2) is 4.98 Å². The smallest absolute Gasteiger partial charge is 0.0784 e. The normalized spacial score (nSPS) is 11.0. The molecule has 0 unspecified atom stereocenters. The van der Waals surface area contributed by atoms with Gasteiger partial charge in [0, 0.05) is 34.6 Å². The highest BCUT2D eigenvalue weighted by Gasteiger charge is 2.18. The fourth-order valence-electron chi connectivity index (χ4n) is 2.29. The largest absolute Gasteiger partial charge is 0.263 e. The first-order valence-corrected chi connectivity index (χ1v) is 9.38.